The molecule has 0 saturated heterocycles. The third-order valence-corrected chi connectivity index (χ3v) is 3.42. The van der Waals surface area contributed by atoms with Crippen molar-refractivity contribution >= 4 is 5.91 Å². The summed E-state index contributed by atoms with van der Waals surface area (Å²) < 4.78 is 39.1. The summed E-state index contributed by atoms with van der Waals surface area (Å²) in [6.45, 7) is 0.689. The molecule has 1 amide bonds. The standard InChI is InChI=1S/C13H10F3N3O/c14-13(15,16)11-10(5-17-18-12(11)20)19-6-8-3-1-2-4-9(8)7-19/h1-5,11H,6-7H2. The van der Waals surface area contributed by atoms with Crippen LogP contribution in [0, 0.1) is 5.92 Å². The van der Waals surface area contributed by atoms with Crippen LogP contribution < -0.4 is 0 Å². The number of carbonyl (C=O) groups is 1. The van der Waals surface area contributed by atoms with Gasteiger partial charge in [-0.15, -0.1) is 5.11 Å². The molecule has 2 aliphatic rings. The zero-order valence-electron chi connectivity index (χ0n) is 10.3. The van der Waals surface area contributed by atoms with E-state index in [1.165, 1.54) is 4.90 Å². The fourth-order valence-electron chi connectivity index (χ4n) is 2.49. The van der Waals surface area contributed by atoms with Gasteiger partial charge in [0.15, 0.2) is 5.92 Å². The first-order valence-corrected chi connectivity index (χ1v) is 6.00. The molecule has 0 spiro atoms. The number of fused-ring (bicyclic) bond motifs is 1. The second kappa shape index (κ2) is 4.43. The normalized spacial score (nSPS) is 21.9. The zero-order valence-corrected chi connectivity index (χ0v) is 10.3. The van der Waals surface area contributed by atoms with Gasteiger partial charge in [-0.1, -0.05) is 24.3 Å². The van der Waals surface area contributed by atoms with Crippen molar-refractivity contribution in [2.75, 3.05) is 0 Å². The lowest BCUT2D eigenvalue weighted by Gasteiger charge is -2.28. The van der Waals surface area contributed by atoms with E-state index < -0.39 is 18.0 Å². The molecule has 20 heavy (non-hydrogen) atoms. The minimum atomic E-state index is -4.66. The number of nitrogens with zero attached hydrogens (tertiary/aromatic N) is 3. The number of rotatable bonds is 1. The average molecular weight is 281 g/mol. The van der Waals surface area contributed by atoms with Crippen molar-refractivity contribution in [3.63, 3.8) is 0 Å². The zero-order chi connectivity index (χ0) is 14.3. The Morgan fingerprint density at radius 2 is 1.75 bits per heavy atom. The second-order valence-corrected chi connectivity index (χ2v) is 4.71. The monoisotopic (exact) mass is 281 g/mol. The number of benzene rings is 1. The lowest BCUT2D eigenvalue weighted by atomic mass is 10.0. The molecule has 1 aromatic rings. The predicted molar refractivity (Wildman–Crippen MR) is 63.2 cm³/mol. The fourth-order valence-corrected chi connectivity index (χ4v) is 2.49. The summed E-state index contributed by atoms with van der Waals surface area (Å²) in [6.07, 6.45) is -3.62. The van der Waals surface area contributed by atoms with Crippen LogP contribution in [0.4, 0.5) is 13.2 Å². The van der Waals surface area contributed by atoms with Crippen LogP contribution in [-0.2, 0) is 17.9 Å². The highest BCUT2D eigenvalue weighted by Crippen LogP contribution is 2.39. The largest absolute Gasteiger partial charge is 0.406 e. The van der Waals surface area contributed by atoms with E-state index in [9.17, 15) is 18.0 Å². The molecular formula is C13H10F3N3O. The van der Waals surface area contributed by atoms with Crippen molar-refractivity contribution in [2.45, 2.75) is 19.3 Å². The Hall–Kier alpha value is -2.18. The maximum atomic E-state index is 13.0. The minimum absolute atomic E-state index is 0.131. The highest BCUT2D eigenvalue weighted by Gasteiger charge is 2.50. The van der Waals surface area contributed by atoms with Crippen molar-refractivity contribution in [1.29, 1.82) is 0 Å². The van der Waals surface area contributed by atoms with Crippen LogP contribution in [-0.4, -0.2) is 17.0 Å². The van der Waals surface area contributed by atoms with E-state index in [2.05, 4.69) is 10.2 Å². The molecule has 2 aliphatic heterocycles. The average Bonchev–Trinajstić information content (AvgIpc) is 2.80. The maximum absolute atomic E-state index is 13.0. The Bertz CT molecular complexity index is 597. The Balaban J connectivity index is 1.92. The van der Waals surface area contributed by atoms with Crippen molar-refractivity contribution in [2.24, 2.45) is 16.1 Å². The van der Waals surface area contributed by atoms with Gasteiger partial charge in [0.05, 0.1) is 11.9 Å². The molecule has 3 rings (SSSR count). The molecule has 0 N–H and O–H groups in total. The van der Waals surface area contributed by atoms with Gasteiger partial charge in [0.2, 0.25) is 0 Å². The first-order chi connectivity index (χ1) is 9.47. The molecule has 0 radical (unpaired) electrons. The van der Waals surface area contributed by atoms with E-state index in [1.54, 1.807) is 0 Å². The van der Waals surface area contributed by atoms with Crippen LogP contribution in [0.15, 0.2) is 46.4 Å². The number of alkyl halides is 3. The molecule has 2 heterocycles. The molecule has 1 aromatic carbocycles. The predicted octanol–water partition coefficient (Wildman–Crippen LogP) is 3.01. The highest BCUT2D eigenvalue weighted by atomic mass is 19.4. The van der Waals surface area contributed by atoms with E-state index in [0.29, 0.717) is 13.1 Å². The summed E-state index contributed by atoms with van der Waals surface area (Å²) in [7, 11) is 0. The van der Waals surface area contributed by atoms with Gasteiger partial charge in [-0.25, -0.2) is 0 Å². The van der Waals surface area contributed by atoms with Crippen molar-refractivity contribution in [3.8, 4) is 0 Å². The van der Waals surface area contributed by atoms with Gasteiger partial charge in [0.25, 0.3) is 5.91 Å². The van der Waals surface area contributed by atoms with Crippen molar-refractivity contribution in [1.82, 2.24) is 4.90 Å². The lowest BCUT2D eigenvalue weighted by molar-refractivity contribution is -0.177. The first kappa shape index (κ1) is 12.8. The third-order valence-electron chi connectivity index (χ3n) is 3.42. The van der Waals surface area contributed by atoms with Gasteiger partial charge < -0.3 is 4.90 Å². The van der Waals surface area contributed by atoms with Crippen LogP contribution in [0.25, 0.3) is 0 Å². The Kier molecular flexibility index (Phi) is 2.84. The molecule has 1 unspecified atom stereocenters. The number of halogens is 3. The number of azo groups is 1. The number of hydrogen-bond acceptors (Lipinski definition) is 3. The van der Waals surface area contributed by atoms with E-state index in [4.69, 9.17) is 0 Å². The third kappa shape index (κ3) is 2.09. The Morgan fingerprint density at radius 3 is 2.30 bits per heavy atom. The van der Waals surface area contributed by atoms with Gasteiger partial charge >= 0.3 is 6.18 Å². The van der Waals surface area contributed by atoms with Crippen LogP contribution in [0.1, 0.15) is 11.1 Å². The van der Waals surface area contributed by atoms with E-state index in [-0.39, 0.29) is 5.70 Å². The topological polar surface area (TPSA) is 45.0 Å². The quantitative estimate of drug-likeness (QED) is 0.794. The summed E-state index contributed by atoms with van der Waals surface area (Å²) in [5.41, 5.74) is 1.79. The van der Waals surface area contributed by atoms with Gasteiger partial charge in [-0.3, -0.25) is 4.79 Å². The van der Waals surface area contributed by atoms with Crippen molar-refractivity contribution < 1.29 is 18.0 Å². The fraction of sp³-hybridized carbons (Fsp3) is 0.308. The smallest absolute Gasteiger partial charge is 0.364 e. The molecule has 7 heteroatoms. The lowest BCUT2D eigenvalue weighted by Crippen LogP contribution is -2.38. The minimum Gasteiger partial charge on any atom is -0.364 e. The van der Waals surface area contributed by atoms with Gasteiger partial charge in [-0.2, -0.15) is 18.3 Å². The van der Waals surface area contributed by atoms with E-state index >= 15 is 0 Å². The highest BCUT2D eigenvalue weighted by molar-refractivity contribution is 5.83. The van der Waals surface area contributed by atoms with E-state index in [0.717, 1.165) is 17.3 Å². The van der Waals surface area contributed by atoms with Crippen LogP contribution in [0.5, 0.6) is 0 Å². The van der Waals surface area contributed by atoms with E-state index in [1.807, 2.05) is 24.3 Å². The van der Waals surface area contributed by atoms with Crippen LogP contribution in [0.3, 0.4) is 0 Å². The molecule has 0 bridgehead atoms. The van der Waals surface area contributed by atoms with Gasteiger partial charge in [0.1, 0.15) is 0 Å². The summed E-state index contributed by atoms with van der Waals surface area (Å²) in [5, 5.41) is 6.39. The Morgan fingerprint density at radius 1 is 1.15 bits per heavy atom. The molecule has 4 nitrogen and oxygen atoms in total. The summed E-state index contributed by atoms with van der Waals surface area (Å²) in [5.74, 6) is -3.47. The Labute approximate surface area is 112 Å². The van der Waals surface area contributed by atoms with Crippen LogP contribution >= 0.6 is 0 Å². The SMILES string of the molecule is O=C1N=NC=C(N2Cc3ccccc3C2)C1C(F)(F)F. The van der Waals surface area contributed by atoms with Gasteiger partial charge in [0, 0.05) is 13.1 Å². The molecule has 0 fully saturated rings. The maximum Gasteiger partial charge on any atom is 0.406 e. The summed E-state index contributed by atoms with van der Waals surface area (Å²) >= 11 is 0. The second-order valence-electron chi connectivity index (χ2n) is 4.71. The molecule has 0 aromatic heterocycles. The number of carbonyl (C=O) groups excluding carboxylic acids is 1. The van der Waals surface area contributed by atoms with Gasteiger partial charge in [-0.05, 0) is 11.1 Å². The van der Waals surface area contributed by atoms with Crippen molar-refractivity contribution in [3.05, 3.63) is 47.3 Å². The molecule has 0 saturated carbocycles. The molecule has 0 aliphatic carbocycles. The molecular weight excluding hydrogens is 271 g/mol. The molecule has 104 valence electrons. The first-order valence-electron chi connectivity index (χ1n) is 6.00. The number of hydrogen-bond donors (Lipinski definition) is 0. The number of amides is 1. The summed E-state index contributed by atoms with van der Waals surface area (Å²) in [4.78, 5) is 13.0. The van der Waals surface area contributed by atoms with Crippen LogP contribution in [0.2, 0.25) is 0 Å². The molecule has 1 atom stereocenters. The summed E-state index contributed by atoms with van der Waals surface area (Å²) in [6, 6.07) is 7.41.